The number of halogens is 2. The second-order valence-electron chi connectivity index (χ2n) is 5.88. The number of unbranched alkanes of at least 4 members (excludes halogenated alkanes) is 5. The molecular formula is C17H26F2O3. The lowest BCUT2D eigenvalue weighted by molar-refractivity contribution is -0.342. The van der Waals surface area contributed by atoms with E-state index in [1.807, 2.05) is 0 Å². The Labute approximate surface area is 130 Å². The van der Waals surface area contributed by atoms with E-state index in [9.17, 15) is 24.1 Å². The lowest BCUT2D eigenvalue weighted by Gasteiger charge is -2.26. The lowest BCUT2D eigenvalue weighted by Crippen LogP contribution is -2.38. The van der Waals surface area contributed by atoms with Crippen LogP contribution in [0.15, 0.2) is 18.2 Å². The Kier molecular flexibility index (Phi) is 7.93. The van der Waals surface area contributed by atoms with Crippen LogP contribution in [0.4, 0.5) is 8.78 Å². The number of benzene rings is 1. The molecule has 3 N–H and O–H groups in total. The topological polar surface area (TPSA) is 60.7 Å². The van der Waals surface area contributed by atoms with Gasteiger partial charge in [-0.3, -0.25) is 0 Å². The zero-order valence-electron chi connectivity index (χ0n) is 13.1. The molecule has 5 heteroatoms. The minimum atomic E-state index is -2.86. The maximum absolute atomic E-state index is 13.6. The van der Waals surface area contributed by atoms with Gasteiger partial charge in [0.1, 0.15) is 11.6 Å². The van der Waals surface area contributed by atoms with Crippen molar-refractivity contribution < 1.29 is 24.1 Å². The van der Waals surface area contributed by atoms with E-state index < -0.39 is 23.5 Å². The third-order valence-electron chi connectivity index (χ3n) is 3.94. The van der Waals surface area contributed by atoms with Crippen LogP contribution in [-0.4, -0.2) is 21.3 Å². The molecule has 0 aromatic heterocycles. The lowest BCUT2D eigenvalue weighted by atomic mass is 9.91. The summed E-state index contributed by atoms with van der Waals surface area (Å²) >= 11 is 0. The van der Waals surface area contributed by atoms with Crippen LogP contribution in [0.5, 0.6) is 0 Å². The second kappa shape index (κ2) is 9.18. The van der Waals surface area contributed by atoms with Crippen molar-refractivity contribution in [2.45, 2.75) is 64.3 Å². The number of rotatable bonds is 10. The first kappa shape index (κ1) is 19.0. The van der Waals surface area contributed by atoms with Gasteiger partial charge in [0.2, 0.25) is 0 Å². The minimum absolute atomic E-state index is 0.0510. The molecular weight excluding hydrogens is 290 g/mol. The first-order chi connectivity index (χ1) is 10.3. The second-order valence-corrected chi connectivity index (χ2v) is 5.88. The zero-order valence-corrected chi connectivity index (χ0v) is 13.1. The molecule has 0 saturated heterocycles. The van der Waals surface area contributed by atoms with Gasteiger partial charge in [0.15, 0.2) is 0 Å². The Balaban J connectivity index is 2.54. The maximum atomic E-state index is 13.6. The summed E-state index contributed by atoms with van der Waals surface area (Å²) in [6.45, 7) is 2.13. The molecule has 3 nitrogen and oxygen atoms in total. The Hall–Kier alpha value is -1.04. The molecule has 1 atom stereocenters. The van der Waals surface area contributed by atoms with Gasteiger partial charge < -0.3 is 15.3 Å². The van der Waals surface area contributed by atoms with E-state index in [0.717, 1.165) is 44.2 Å². The van der Waals surface area contributed by atoms with Crippen molar-refractivity contribution in [1.29, 1.82) is 0 Å². The predicted octanol–water partition coefficient (Wildman–Crippen LogP) is 3.50. The van der Waals surface area contributed by atoms with E-state index in [0.29, 0.717) is 6.42 Å². The summed E-state index contributed by atoms with van der Waals surface area (Å²) in [5, 5.41) is 28.3. The molecule has 1 aromatic rings. The van der Waals surface area contributed by atoms with Gasteiger partial charge in [0, 0.05) is 12.0 Å². The molecule has 1 unspecified atom stereocenters. The van der Waals surface area contributed by atoms with Crippen LogP contribution in [0.25, 0.3) is 0 Å². The molecule has 0 amide bonds. The molecule has 1 rings (SSSR count). The molecule has 0 bridgehead atoms. The van der Waals surface area contributed by atoms with Crippen LogP contribution in [0, 0.1) is 17.6 Å². The van der Waals surface area contributed by atoms with Crippen molar-refractivity contribution in [2.75, 3.05) is 0 Å². The minimum Gasteiger partial charge on any atom is -0.343 e. The fourth-order valence-corrected chi connectivity index (χ4v) is 2.56. The van der Waals surface area contributed by atoms with Gasteiger partial charge in [-0.25, -0.2) is 8.78 Å². The fourth-order valence-electron chi connectivity index (χ4n) is 2.56. The SMILES string of the molecule is CCCCCCCCC(Cc1ccc(F)cc1F)C(O)(O)O. The van der Waals surface area contributed by atoms with Crippen LogP contribution in [-0.2, 0) is 6.42 Å². The molecule has 1 aromatic carbocycles. The van der Waals surface area contributed by atoms with Crippen LogP contribution in [0.1, 0.15) is 57.4 Å². The summed E-state index contributed by atoms with van der Waals surface area (Å²) in [6.07, 6.45) is 6.49. The molecule has 126 valence electrons. The Morgan fingerprint density at radius 3 is 2.23 bits per heavy atom. The van der Waals surface area contributed by atoms with Gasteiger partial charge in [0.05, 0.1) is 0 Å². The first-order valence-electron chi connectivity index (χ1n) is 7.95. The third kappa shape index (κ3) is 6.81. The van der Waals surface area contributed by atoms with Gasteiger partial charge >= 0.3 is 0 Å². The molecule has 0 fully saturated rings. The average Bonchev–Trinajstić information content (AvgIpc) is 2.42. The summed E-state index contributed by atoms with van der Waals surface area (Å²) in [5.41, 5.74) is 0.166. The van der Waals surface area contributed by atoms with Gasteiger partial charge in [-0.05, 0) is 24.5 Å². The van der Waals surface area contributed by atoms with Gasteiger partial charge in [-0.1, -0.05) is 51.5 Å². The van der Waals surface area contributed by atoms with Gasteiger partial charge in [0.25, 0.3) is 5.97 Å². The maximum Gasteiger partial charge on any atom is 0.278 e. The Morgan fingerprint density at radius 1 is 1.00 bits per heavy atom. The highest BCUT2D eigenvalue weighted by atomic mass is 19.1. The molecule has 0 aliphatic carbocycles. The zero-order chi connectivity index (χ0) is 16.6. The Morgan fingerprint density at radius 2 is 1.64 bits per heavy atom. The molecule has 0 heterocycles. The van der Waals surface area contributed by atoms with Crippen molar-refractivity contribution in [3.05, 3.63) is 35.4 Å². The fraction of sp³-hybridized carbons (Fsp3) is 0.647. The summed E-state index contributed by atoms with van der Waals surface area (Å²) < 4.78 is 26.5. The van der Waals surface area contributed by atoms with Crippen LogP contribution >= 0.6 is 0 Å². The van der Waals surface area contributed by atoms with Crippen molar-refractivity contribution in [2.24, 2.45) is 5.92 Å². The molecule has 0 aliphatic heterocycles. The number of hydrogen-bond acceptors (Lipinski definition) is 3. The van der Waals surface area contributed by atoms with Crippen LogP contribution in [0.3, 0.4) is 0 Å². The monoisotopic (exact) mass is 316 g/mol. The summed E-state index contributed by atoms with van der Waals surface area (Å²) in [5.74, 6) is -5.18. The predicted molar refractivity (Wildman–Crippen MR) is 80.9 cm³/mol. The van der Waals surface area contributed by atoms with E-state index in [4.69, 9.17) is 0 Å². The third-order valence-corrected chi connectivity index (χ3v) is 3.94. The van der Waals surface area contributed by atoms with E-state index in [1.165, 1.54) is 12.5 Å². The normalized spacial score (nSPS) is 13.4. The van der Waals surface area contributed by atoms with Gasteiger partial charge in [-0.15, -0.1) is 0 Å². The molecule has 0 aliphatic rings. The average molecular weight is 316 g/mol. The van der Waals surface area contributed by atoms with Crippen molar-refractivity contribution in [3.63, 3.8) is 0 Å². The quantitative estimate of drug-likeness (QED) is 0.457. The van der Waals surface area contributed by atoms with Gasteiger partial charge in [-0.2, -0.15) is 0 Å². The summed E-state index contributed by atoms with van der Waals surface area (Å²) in [6, 6.07) is 3.14. The van der Waals surface area contributed by atoms with E-state index in [-0.39, 0.29) is 12.0 Å². The molecule has 22 heavy (non-hydrogen) atoms. The van der Waals surface area contributed by atoms with Crippen LogP contribution in [0.2, 0.25) is 0 Å². The molecule has 0 radical (unpaired) electrons. The largest absolute Gasteiger partial charge is 0.343 e. The Bertz CT molecular complexity index is 444. The standard InChI is InChI=1S/C17H26F2O3/c1-2-3-4-5-6-7-8-14(17(20,21)22)11-13-9-10-15(18)12-16(13)19/h9-10,12,14,20-22H,2-8,11H2,1H3. The summed E-state index contributed by atoms with van der Waals surface area (Å²) in [4.78, 5) is 0. The molecule has 0 saturated carbocycles. The van der Waals surface area contributed by atoms with E-state index in [1.54, 1.807) is 0 Å². The highest BCUT2D eigenvalue weighted by Gasteiger charge is 2.32. The highest BCUT2D eigenvalue weighted by Crippen LogP contribution is 2.25. The number of aliphatic hydroxyl groups is 3. The van der Waals surface area contributed by atoms with Crippen molar-refractivity contribution >= 4 is 0 Å². The summed E-state index contributed by atoms with van der Waals surface area (Å²) in [7, 11) is 0. The number of hydrogen-bond donors (Lipinski definition) is 3. The highest BCUT2D eigenvalue weighted by molar-refractivity contribution is 5.19. The van der Waals surface area contributed by atoms with Crippen molar-refractivity contribution in [3.8, 4) is 0 Å². The van der Waals surface area contributed by atoms with Crippen molar-refractivity contribution in [1.82, 2.24) is 0 Å². The van der Waals surface area contributed by atoms with E-state index in [2.05, 4.69) is 6.92 Å². The molecule has 0 spiro atoms. The van der Waals surface area contributed by atoms with Crippen LogP contribution < -0.4 is 0 Å². The van der Waals surface area contributed by atoms with E-state index >= 15 is 0 Å². The smallest absolute Gasteiger partial charge is 0.278 e. The first-order valence-corrected chi connectivity index (χ1v) is 7.95.